The summed E-state index contributed by atoms with van der Waals surface area (Å²) in [5.41, 5.74) is 0.562. The molecule has 0 amide bonds. The third kappa shape index (κ3) is 3.54. The Labute approximate surface area is 118 Å². The topological polar surface area (TPSA) is 55.4 Å². The highest BCUT2D eigenvalue weighted by Gasteiger charge is 2.33. The maximum atomic E-state index is 12.0. The van der Waals surface area contributed by atoms with Crippen LogP contribution in [0, 0.1) is 11.8 Å². The highest BCUT2D eigenvalue weighted by Crippen LogP contribution is 2.22. The Kier molecular flexibility index (Phi) is 5.07. The van der Waals surface area contributed by atoms with Crippen molar-refractivity contribution in [1.29, 1.82) is 0 Å². The molecule has 1 N–H and O–H groups in total. The largest absolute Gasteiger partial charge is 0.457 e. The molecule has 2 rings (SSSR count). The number of allylic oxidation sites excluding steroid dienone is 1. The summed E-state index contributed by atoms with van der Waals surface area (Å²) in [5, 5.41) is 3.17. The van der Waals surface area contributed by atoms with Gasteiger partial charge in [0.2, 0.25) is 0 Å². The molecule has 0 saturated carbocycles. The van der Waals surface area contributed by atoms with Crippen LogP contribution >= 0.6 is 0 Å². The first kappa shape index (κ1) is 14.5. The molecule has 0 spiro atoms. The first-order valence-electron chi connectivity index (χ1n) is 6.79. The molecule has 1 aliphatic rings. The summed E-state index contributed by atoms with van der Waals surface area (Å²) in [7, 11) is 0. The van der Waals surface area contributed by atoms with Gasteiger partial charge in [-0.15, -0.1) is 6.58 Å². The van der Waals surface area contributed by atoms with Crippen LogP contribution in [0.1, 0.15) is 16.8 Å². The average molecular weight is 273 g/mol. The summed E-state index contributed by atoms with van der Waals surface area (Å²) >= 11 is 0. The first-order valence-corrected chi connectivity index (χ1v) is 6.79. The van der Waals surface area contributed by atoms with Gasteiger partial charge in [-0.05, 0) is 18.9 Å². The number of rotatable bonds is 6. The maximum absolute atomic E-state index is 12.0. The van der Waals surface area contributed by atoms with Crippen molar-refractivity contribution < 1.29 is 14.3 Å². The molecule has 0 radical (unpaired) electrons. The van der Waals surface area contributed by atoms with Gasteiger partial charge in [-0.1, -0.05) is 36.4 Å². The Morgan fingerprint density at radius 3 is 2.75 bits per heavy atom. The van der Waals surface area contributed by atoms with E-state index in [0.29, 0.717) is 12.1 Å². The fraction of sp³-hybridized carbons (Fsp3) is 0.375. The van der Waals surface area contributed by atoms with Gasteiger partial charge in [0.05, 0.1) is 5.92 Å². The summed E-state index contributed by atoms with van der Waals surface area (Å²) in [6.07, 6.45) is 2.59. The van der Waals surface area contributed by atoms with E-state index in [4.69, 9.17) is 4.74 Å². The highest BCUT2D eigenvalue weighted by molar-refractivity contribution is 5.97. The van der Waals surface area contributed by atoms with Gasteiger partial charge in [-0.25, -0.2) is 0 Å². The van der Waals surface area contributed by atoms with Crippen molar-refractivity contribution in [2.45, 2.75) is 6.42 Å². The monoisotopic (exact) mass is 273 g/mol. The Morgan fingerprint density at radius 1 is 1.30 bits per heavy atom. The van der Waals surface area contributed by atoms with E-state index < -0.39 is 0 Å². The number of hydrogen-bond acceptors (Lipinski definition) is 4. The lowest BCUT2D eigenvalue weighted by molar-refractivity contribution is -0.148. The van der Waals surface area contributed by atoms with Crippen LogP contribution < -0.4 is 5.32 Å². The second-order valence-electron chi connectivity index (χ2n) is 4.95. The molecule has 0 aromatic heterocycles. The number of ether oxygens (including phenoxy) is 1. The molecule has 106 valence electrons. The minimum atomic E-state index is -0.300. The third-order valence-electron chi connectivity index (χ3n) is 3.55. The van der Waals surface area contributed by atoms with Gasteiger partial charge in [0.1, 0.15) is 0 Å². The molecule has 0 bridgehead atoms. The van der Waals surface area contributed by atoms with E-state index in [-0.39, 0.29) is 30.2 Å². The number of benzene rings is 1. The first-order chi connectivity index (χ1) is 9.72. The van der Waals surface area contributed by atoms with Crippen molar-refractivity contribution in [2.75, 3.05) is 19.7 Å². The van der Waals surface area contributed by atoms with Crippen LogP contribution in [0.15, 0.2) is 43.0 Å². The fourth-order valence-electron chi connectivity index (χ4n) is 2.42. The van der Waals surface area contributed by atoms with Crippen molar-refractivity contribution >= 4 is 11.8 Å². The number of hydrogen-bond donors (Lipinski definition) is 1. The summed E-state index contributed by atoms with van der Waals surface area (Å²) in [4.78, 5) is 23.9. The lowest BCUT2D eigenvalue weighted by Crippen LogP contribution is -2.27. The van der Waals surface area contributed by atoms with Crippen LogP contribution in [0.2, 0.25) is 0 Å². The van der Waals surface area contributed by atoms with E-state index in [2.05, 4.69) is 11.9 Å². The summed E-state index contributed by atoms with van der Waals surface area (Å²) in [5.74, 6) is -0.445. The second-order valence-corrected chi connectivity index (χ2v) is 4.95. The zero-order valence-corrected chi connectivity index (χ0v) is 11.4. The zero-order chi connectivity index (χ0) is 14.4. The molecule has 1 aromatic rings. The van der Waals surface area contributed by atoms with Gasteiger partial charge >= 0.3 is 5.97 Å². The number of esters is 1. The van der Waals surface area contributed by atoms with Gasteiger partial charge in [0.15, 0.2) is 12.4 Å². The number of ketones is 1. The quantitative estimate of drug-likeness (QED) is 0.488. The van der Waals surface area contributed by atoms with E-state index >= 15 is 0 Å². The van der Waals surface area contributed by atoms with Crippen LogP contribution in [0.25, 0.3) is 0 Å². The average Bonchev–Trinajstić information content (AvgIpc) is 2.94. The van der Waals surface area contributed by atoms with E-state index in [1.54, 1.807) is 24.3 Å². The normalized spacial score (nSPS) is 21.4. The smallest absolute Gasteiger partial charge is 0.311 e. The molecule has 4 heteroatoms. The lowest BCUT2D eigenvalue weighted by Gasteiger charge is -2.15. The van der Waals surface area contributed by atoms with Crippen molar-refractivity contribution in [3.8, 4) is 0 Å². The predicted molar refractivity (Wildman–Crippen MR) is 76.4 cm³/mol. The minimum absolute atomic E-state index is 0.176. The Morgan fingerprint density at radius 2 is 2.05 bits per heavy atom. The standard InChI is InChI=1S/C16H19NO3/c1-2-6-13-9-17-10-14(13)16(19)20-11-15(18)12-7-4-3-5-8-12/h2-5,7-8,13-14,17H,1,6,9-11H2. The van der Waals surface area contributed by atoms with Crippen LogP contribution in [-0.4, -0.2) is 31.4 Å². The minimum Gasteiger partial charge on any atom is -0.457 e. The zero-order valence-electron chi connectivity index (χ0n) is 11.4. The summed E-state index contributed by atoms with van der Waals surface area (Å²) in [6.45, 7) is 4.90. The Bertz CT molecular complexity index is 484. The number of carbonyl (C=O) groups is 2. The fourth-order valence-corrected chi connectivity index (χ4v) is 2.42. The van der Waals surface area contributed by atoms with Gasteiger partial charge < -0.3 is 10.1 Å². The second kappa shape index (κ2) is 7.01. The van der Waals surface area contributed by atoms with Gasteiger partial charge in [-0.3, -0.25) is 9.59 Å². The van der Waals surface area contributed by atoms with E-state index in [1.807, 2.05) is 12.1 Å². The number of Topliss-reactive ketones (excluding diaryl/α,β-unsaturated/α-hetero) is 1. The Hall–Kier alpha value is -1.94. The van der Waals surface area contributed by atoms with Crippen LogP contribution in [-0.2, 0) is 9.53 Å². The van der Waals surface area contributed by atoms with Crippen LogP contribution in [0.3, 0.4) is 0 Å². The van der Waals surface area contributed by atoms with Crippen LogP contribution in [0.5, 0.6) is 0 Å². The molecule has 20 heavy (non-hydrogen) atoms. The number of carbonyl (C=O) groups excluding carboxylic acids is 2. The molecule has 1 saturated heterocycles. The summed E-state index contributed by atoms with van der Waals surface area (Å²) < 4.78 is 5.16. The molecule has 1 aliphatic heterocycles. The van der Waals surface area contributed by atoms with E-state index in [9.17, 15) is 9.59 Å². The molecule has 0 aliphatic carbocycles. The molecule has 1 fully saturated rings. The van der Waals surface area contributed by atoms with E-state index in [1.165, 1.54) is 0 Å². The summed E-state index contributed by atoms with van der Waals surface area (Å²) in [6, 6.07) is 8.85. The molecule has 2 atom stereocenters. The molecule has 2 unspecified atom stereocenters. The highest BCUT2D eigenvalue weighted by atomic mass is 16.5. The third-order valence-corrected chi connectivity index (χ3v) is 3.55. The van der Waals surface area contributed by atoms with Crippen molar-refractivity contribution in [1.82, 2.24) is 5.32 Å². The van der Waals surface area contributed by atoms with Crippen molar-refractivity contribution in [3.05, 3.63) is 48.6 Å². The maximum Gasteiger partial charge on any atom is 0.311 e. The van der Waals surface area contributed by atoms with Gasteiger partial charge in [0.25, 0.3) is 0 Å². The van der Waals surface area contributed by atoms with Gasteiger partial charge in [-0.2, -0.15) is 0 Å². The predicted octanol–water partition coefficient (Wildman–Crippen LogP) is 1.82. The molecule has 1 aromatic carbocycles. The molecule has 4 nitrogen and oxygen atoms in total. The van der Waals surface area contributed by atoms with E-state index in [0.717, 1.165) is 13.0 Å². The molecule has 1 heterocycles. The molecular weight excluding hydrogens is 254 g/mol. The van der Waals surface area contributed by atoms with Crippen LogP contribution in [0.4, 0.5) is 0 Å². The van der Waals surface area contributed by atoms with Crippen molar-refractivity contribution in [3.63, 3.8) is 0 Å². The van der Waals surface area contributed by atoms with Crippen molar-refractivity contribution in [2.24, 2.45) is 11.8 Å². The SMILES string of the molecule is C=CCC1CNCC1C(=O)OCC(=O)c1ccccc1. The number of nitrogens with one attached hydrogen (secondary N) is 1. The van der Waals surface area contributed by atoms with Gasteiger partial charge in [0, 0.05) is 12.1 Å². The molecular formula is C16H19NO3. The Balaban J connectivity index is 1.86. The lowest BCUT2D eigenvalue weighted by atomic mass is 9.93.